The Labute approximate surface area is 125 Å². The van der Waals surface area contributed by atoms with E-state index in [2.05, 4.69) is 26.3 Å². The molecule has 104 valence electrons. The van der Waals surface area contributed by atoms with Crippen LogP contribution in [-0.4, -0.2) is 33.2 Å². The molecule has 0 N–H and O–H groups in total. The molecule has 0 saturated heterocycles. The van der Waals surface area contributed by atoms with E-state index in [4.69, 9.17) is 4.74 Å². The molecule has 1 aliphatic carbocycles. The van der Waals surface area contributed by atoms with Gasteiger partial charge in [-0.25, -0.2) is 8.78 Å². The van der Waals surface area contributed by atoms with Crippen LogP contribution in [0.25, 0.3) is 5.76 Å². The average molecular weight is 399 g/mol. The summed E-state index contributed by atoms with van der Waals surface area (Å²) >= 11 is 2.07. The molecule has 0 aromatic carbocycles. The van der Waals surface area contributed by atoms with Crippen molar-refractivity contribution in [3.05, 3.63) is 24.2 Å². The number of aromatic nitrogens is 2. The minimum Gasteiger partial charge on any atom is -0.480 e. The van der Waals surface area contributed by atoms with E-state index in [1.807, 2.05) is 10.9 Å². The molecule has 1 saturated carbocycles. The normalized spacial score (nSPS) is 23.5. The molecular formula is C11H12F2IN3OS. The van der Waals surface area contributed by atoms with Gasteiger partial charge in [-0.15, -0.1) is 0 Å². The summed E-state index contributed by atoms with van der Waals surface area (Å²) in [4.78, 5) is 0. The third-order valence-corrected chi connectivity index (χ3v) is 5.03. The summed E-state index contributed by atoms with van der Waals surface area (Å²) in [6, 6.07) is 0.471. The van der Waals surface area contributed by atoms with Crippen molar-refractivity contribution in [2.45, 2.75) is 31.4 Å². The Hall–Kier alpha value is -0.510. The summed E-state index contributed by atoms with van der Waals surface area (Å²) in [6.07, 6.45) is 3.98. The van der Waals surface area contributed by atoms with Crippen molar-refractivity contribution in [1.29, 1.82) is 0 Å². The van der Waals surface area contributed by atoms with Gasteiger partial charge in [0.25, 0.3) is 6.43 Å². The fourth-order valence-electron chi connectivity index (χ4n) is 1.92. The Kier molecular flexibility index (Phi) is 3.88. The molecule has 0 spiro atoms. The van der Waals surface area contributed by atoms with Crippen LogP contribution in [0.1, 0.15) is 24.4 Å². The molecule has 19 heavy (non-hydrogen) atoms. The third-order valence-electron chi connectivity index (χ3n) is 3.08. The molecule has 1 atom stereocenters. The van der Waals surface area contributed by atoms with Gasteiger partial charge in [0.05, 0.1) is 30.5 Å². The number of alkyl halides is 2. The van der Waals surface area contributed by atoms with E-state index < -0.39 is 12.5 Å². The van der Waals surface area contributed by atoms with E-state index in [1.54, 1.807) is 16.7 Å². The highest BCUT2D eigenvalue weighted by molar-refractivity contribution is 14.2. The molecule has 1 aromatic heterocycles. The number of hydrogen-bond acceptors (Lipinski definition) is 4. The van der Waals surface area contributed by atoms with E-state index in [1.165, 1.54) is 9.12 Å². The van der Waals surface area contributed by atoms with Crippen LogP contribution in [-0.2, 0) is 4.74 Å². The van der Waals surface area contributed by atoms with Crippen molar-refractivity contribution in [2.75, 3.05) is 6.54 Å². The fraction of sp³-hybridized carbons (Fsp3) is 0.545. The molecule has 8 heteroatoms. The molecule has 3 rings (SSSR count). The lowest BCUT2D eigenvalue weighted by atomic mass is 10.2. The van der Waals surface area contributed by atoms with Gasteiger partial charge >= 0.3 is 0 Å². The van der Waals surface area contributed by atoms with Crippen molar-refractivity contribution in [1.82, 2.24) is 14.1 Å². The lowest BCUT2D eigenvalue weighted by Gasteiger charge is -2.30. The molecule has 0 bridgehead atoms. The topological polar surface area (TPSA) is 30.3 Å². The minimum absolute atomic E-state index is 0.186. The van der Waals surface area contributed by atoms with Gasteiger partial charge in [0.1, 0.15) is 5.76 Å². The maximum Gasteiger partial charge on any atom is 0.276 e. The molecule has 0 radical (unpaired) electrons. The predicted octanol–water partition coefficient (Wildman–Crippen LogP) is 3.48. The van der Waals surface area contributed by atoms with Crippen LogP contribution >= 0.6 is 30.3 Å². The van der Waals surface area contributed by atoms with E-state index in [0.717, 1.165) is 18.4 Å². The van der Waals surface area contributed by atoms with Gasteiger partial charge in [-0.2, -0.15) is 5.10 Å². The molecule has 1 fully saturated rings. The first-order chi connectivity index (χ1) is 9.17. The first-order valence-corrected chi connectivity index (χ1v) is 9.25. The zero-order valence-electron chi connectivity index (χ0n) is 9.88. The lowest BCUT2D eigenvalue weighted by Crippen LogP contribution is -2.35. The van der Waals surface area contributed by atoms with Crippen molar-refractivity contribution >= 4 is 36.1 Å². The first-order valence-electron chi connectivity index (χ1n) is 5.94. The number of nitrogens with zero attached hydrogens (tertiary/aromatic N) is 3. The SMILES string of the molecule is FC(F)C1CN(SI)C=C(c2cnn(C3CC3)c2)O1. The zero-order valence-corrected chi connectivity index (χ0v) is 12.9. The summed E-state index contributed by atoms with van der Waals surface area (Å²) in [7, 11) is 1.38. The van der Waals surface area contributed by atoms with Crippen LogP contribution in [0.3, 0.4) is 0 Å². The van der Waals surface area contributed by atoms with E-state index in [-0.39, 0.29) is 6.54 Å². The highest BCUT2D eigenvalue weighted by Gasteiger charge is 2.31. The highest BCUT2D eigenvalue weighted by Crippen LogP contribution is 2.36. The van der Waals surface area contributed by atoms with Crippen molar-refractivity contribution in [3.8, 4) is 0 Å². The van der Waals surface area contributed by atoms with Gasteiger partial charge in [-0.3, -0.25) is 4.68 Å². The second kappa shape index (κ2) is 5.47. The number of rotatable bonds is 4. The number of ether oxygens (including phenoxy) is 1. The Morgan fingerprint density at radius 1 is 1.47 bits per heavy atom. The van der Waals surface area contributed by atoms with Gasteiger partial charge in [0.15, 0.2) is 6.10 Å². The van der Waals surface area contributed by atoms with Gasteiger partial charge in [-0.05, 0) is 12.8 Å². The van der Waals surface area contributed by atoms with E-state index in [0.29, 0.717) is 11.8 Å². The molecule has 0 amide bonds. The second-order valence-electron chi connectivity index (χ2n) is 4.59. The van der Waals surface area contributed by atoms with Crippen LogP contribution in [0.4, 0.5) is 8.78 Å². The van der Waals surface area contributed by atoms with Crippen LogP contribution in [0.15, 0.2) is 18.6 Å². The summed E-state index contributed by atoms with van der Waals surface area (Å²) in [5.41, 5.74) is 0.757. The Balaban J connectivity index is 1.81. The Morgan fingerprint density at radius 3 is 2.89 bits per heavy atom. The van der Waals surface area contributed by atoms with Gasteiger partial charge < -0.3 is 9.04 Å². The third kappa shape index (κ3) is 2.99. The molecule has 1 unspecified atom stereocenters. The zero-order chi connectivity index (χ0) is 13.4. The molecule has 1 aromatic rings. The van der Waals surface area contributed by atoms with Crippen molar-refractivity contribution < 1.29 is 13.5 Å². The van der Waals surface area contributed by atoms with Gasteiger partial charge in [0, 0.05) is 36.5 Å². The molecular weight excluding hydrogens is 387 g/mol. The maximum atomic E-state index is 12.9. The van der Waals surface area contributed by atoms with Gasteiger partial charge in [0.2, 0.25) is 0 Å². The minimum atomic E-state index is -2.49. The Bertz CT molecular complexity index is 492. The second-order valence-corrected chi connectivity index (χ2v) is 6.38. The fourth-order valence-corrected chi connectivity index (χ4v) is 3.08. The van der Waals surface area contributed by atoms with Crippen LogP contribution in [0.5, 0.6) is 0 Å². The summed E-state index contributed by atoms with van der Waals surface area (Å²) in [5.74, 6) is 0.465. The molecule has 4 nitrogen and oxygen atoms in total. The molecule has 2 heterocycles. The molecule has 2 aliphatic rings. The van der Waals surface area contributed by atoms with Crippen molar-refractivity contribution in [2.24, 2.45) is 0 Å². The van der Waals surface area contributed by atoms with Gasteiger partial charge in [-0.1, -0.05) is 0 Å². The Morgan fingerprint density at radius 2 is 2.26 bits per heavy atom. The van der Waals surface area contributed by atoms with Crippen molar-refractivity contribution in [3.63, 3.8) is 0 Å². The summed E-state index contributed by atoms with van der Waals surface area (Å²) in [5, 5.41) is 4.26. The van der Waals surface area contributed by atoms with E-state index in [9.17, 15) is 8.78 Å². The summed E-state index contributed by atoms with van der Waals surface area (Å²) < 4.78 is 34.7. The average Bonchev–Trinajstić information content (AvgIpc) is 3.15. The monoisotopic (exact) mass is 399 g/mol. The van der Waals surface area contributed by atoms with Crippen LogP contribution < -0.4 is 0 Å². The smallest absolute Gasteiger partial charge is 0.276 e. The standard InChI is InChI=1S/C11H12F2IN3OS/c12-11(13)10-6-16(19-14)5-9(18-10)7-3-15-17(4-7)8-1-2-8/h3-5,8,10-11H,1-2,6H2. The summed E-state index contributed by atoms with van der Waals surface area (Å²) in [6.45, 7) is 0.186. The molecule has 1 aliphatic heterocycles. The van der Waals surface area contributed by atoms with E-state index >= 15 is 0 Å². The van der Waals surface area contributed by atoms with Crippen LogP contribution in [0.2, 0.25) is 0 Å². The lowest BCUT2D eigenvalue weighted by molar-refractivity contribution is -0.0157. The number of halogens is 3. The highest BCUT2D eigenvalue weighted by atomic mass is 127. The van der Waals surface area contributed by atoms with Crippen LogP contribution in [0, 0.1) is 0 Å². The number of hydrogen-bond donors (Lipinski definition) is 0. The quantitative estimate of drug-likeness (QED) is 0.573. The largest absolute Gasteiger partial charge is 0.480 e. The predicted molar refractivity (Wildman–Crippen MR) is 77.7 cm³/mol. The maximum absolute atomic E-state index is 12.9. The first kappa shape index (κ1) is 13.5.